The number of nitrogens with one attached hydrogen (secondary N) is 2. The van der Waals surface area contributed by atoms with E-state index in [2.05, 4.69) is 16.7 Å². The standard InChI is InChI=1S/C20H21N3O3/c1-12-17-11-16(26-2)5-3-13(17)7-8-23(12)20(25)21-15-4-6-18-14(9-15)10-19(24)22-18/h3-6,9,11-12H,7-8,10H2,1-2H3,(H,21,25)(H,22,24)/t12-/m1/s1. The Morgan fingerprint density at radius 3 is 2.88 bits per heavy atom. The third-order valence-electron chi connectivity index (χ3n) is 5.14. The zero-order valence-electron chi connectivity index (χ0n) is 14.8. The van der Waals surface area contributed by atoms with Crippen LogP contribution in [-0.2, 0) is 17.6 Å². The monoisotopic (exact) mass is 351 g/mol. The summed E-state index contributed by atoms with van der Waals surface area (Å²) in [7, 11) is 1.65. The highest BCUT2D eigenvalue weighted by molar-refractivity contribution is 6.00. The maximum absolute atomic E-state index is 12.8. The molecule has 0 saturated carbocycles. The van der Waals surface area contributed by atoms with Crippen molar-refractivity contribution < 1.29 is 14.3 Å². The fraction of sp³-hybridized carbons (Fsp3) is 0.300. The summed E-state index contributed by atoms with van der Waals surface area (Å²) in [6.07, 6.45) is 1.17. The summed E-state index contributed by atoms with van der Waals surface area (Å²) in [5, 5.41) is 5.76. The van der Waals surface area contributed by atoms with Crippen LogP contribution in [0.3, 0.4) is 0 Å². The topological polar surface area (TPSA) is 70.7 Å². The molecule has 2 aliphatic rings. The summed E-state index contributed by atoms with van der Waals surface area (Å²) in [4.78, 5) is 26.1. The summed E-state index contributed by atoms with van der Waals surface area (Å²) in [5.41, 5.74) is 4.81. The molecule has 2 N–H and O–H groups in total. The lowest BCUT2D eigenvalue weighted by atomic mass is 9.93. The van der Waals surface area contributed by atoms with Gasteiger partial charge in [-0.05, 0) is 60.4 Å². The van der Waals surface area contributed by atoms with Crippen LogP contribution in [0.25, 0.3) is 0 Å². The average molecular weight is 351 g/mol. The maximum Gasteiger partial charge on any atom is 0.322 e. The first kappa shape index (κ1) is 16.4. The van der Waals surface area contributed by atoms with Crippen LogP contribution in [0.5, 0.6) is 5.75 Å². The van der Waals surface area contributed by atoms with Crippen LogP contribution in [0.15, 0.2) is 36.4 Å². The number of hydrogen-bond donors (Lipinski definition) is 2. The van der Waals surface area contributed by atoms with E-state index in [1.807, 2.05) is 42.2 Å². The molecule has 3 amide bonds. The predicted molar refractivity (Wildman–Crippen MR) is 99.6 cm³/mol. The Bertz CT molecular complexity index is 894. The molecule has 0 radical (unpaired) electrons. The van der Waals surface area contributed by atoms with E-state index in [4.69, 9.17) is 4.74 Å². The number of rotatable bonds is 2. The van der Waals surface area contributed by atoms with E-state index in [1.54, 1.807) is 7.11 Å². The van der Waals surface area contributed by atoms with Gasteiger partial charge in [-0.3, -0.25) is 4.79 Å². The van der Waals surface area contributed by atoms with Crippen LogP contribution in [0, 0.1) is 0 Å². The van der Waals surface area contributed by atoms with E-state index in [0.717, 1.165) is 29.0 Å². The zero-order chi connectivity index (χ0) is 18.3. The number of nitrogens with zero attached hydrogens (tertiary/aromatic N) is 1. The number of benzene rings is 2. The van der Waals surface area contributed by atoms with Crippen molar-refractivity contribution >= 4 is 23.3 Å². The molecule has 26 heavy (non-hydrogen) atoms. The second-order valence-electron chi connectivity index (χ2n) is 6.71. The Labute approximate surface area is 152 Å². The fourth-order valence-electron chi connectivity index (χ4n) is 3.70. The number of fused-ring (bicyclic) bond motifs is 2. The number of ether oxygens (including phenoxy) is 1. The summed E-state index contributed by atoms with van der Waals surface area (Å²) in [5.74, 6) is 0.785. The number of urea groups is 1. The number of hydrogen-bond acceptors (Lipinski definition) is 3. The van der Waals surface area contributed by atoms with Gasteiger partial charge in [-0.25, -0.2) is 4.79 Å². The van der Waals surface area contributed by atoms with Gasteiger partial charge in [0, 0.05) is 17.9 Å². The second-order valence-corrected chi connectivity index (χ2v) is 6.71. The minimum atomic E-state index is -0.136. The van der Waals surface area contributed by atoms with Gasteiger partial charge in [-0.2, -0.15) is 0 Å². The first-order chi connectivity index (χ1) is 12.5. The van der Waals surface area contributed by atoms with E-state index in [0.29, 0.717) is 18.7 Å². The Morgan fingerprint density at radius 1 is 1.23 bits per heavy atom. The second kappa shape index (κ2) is 6.37. The van der Waals surface area contributed by atoms with Gasteiger partial charge in [0.15, 0.2) is 0 Å². The normalized spacial score (nSPS) is 18.0. The first-order valence-corrected chi connectivity index (χ1v) is 8.72. The molecule has 0 fully saturated rings. The number of anilines is 2. The summed E-state index contributed by atoms with van der Waals surface area (Å²) >= 11 is 0. The van der Waals surface area contributed by atoms with E-state index in [1.165, 1.54) is 5.56 Å². The largest absolute Gasteiger partial charge is 0.497 e. The molecule has 1 atom stereocenters. The zero-order valence-corrected chi connectivity index (χ0v) is 14.8. The van der Waals surface area contributed by atoms with Crippen molar-refractivity contribution in [2.75, 3.05) is 24.3 Å². The Kier molecular flexibility index (Phi) is 4.03. The molecular weight excluding hydrogens is 330 g/mol. The molecular formula is C20H21N3O3. The van der Waals surface area contributed by atoms with E-state index in [9.17, 15) is 9.59 Å². The molecule has 6 nitrogen and oxygen atoms in total. The van der Waals surface area contributed by atoms with Gasteiger partial charge >= 0.3 is 6.03 Å². The quantitative estimate of drug-likeness (QED) is 0.872. The molecule has 0 spiro atoms. The fourth-order valence-corrected chi connectivity index (χ4v) is 3.70. The van der Waals surface area contributed by atoms with Crippen molar-refractivity contribution in [1.82, 2.24) is 4.90 Å². The molecule has 2 aliphatic heterocycles. The minimum Gasteiger partial charge on any atom is -0.497 e. The molecule has 134 valence electrons. The molecule has 0 unspecified atom stereocenters. The van der Waals surface area contributed by atoms with Crippen molar-refractivity contribution in [3.8, 4) is 5.75 Å². The Balaban J connectivity index is 1.52. The highest BCUT2D eigenvalue weighted by Gasteiger charge is 2.28. The summed E-state index contributed by atoms with van der Waals surface area (Å²) in [6.45, 7) is 2.69. The SMILES string of the molecule is COc1ccc2c(c1)[C@@H](C)N(C(=O)Nc1ccc3c(c1)CC(=O)N3)CC2. The number of amides is 3. The van der Waals surface area contributed by atoms with Crippen molar-refractivity contribution in [3.63, 3.8) is 0 Å². The number of carbonyl (C=O) groups is 2. The van der Waals surface area contributed by atoms with Crippen molar-refractivity contribution in [1.29, 1.82) is 0 Å². The predicted octanol–water partition coefficient (Wildman–Crippen LogP) is 3.34. The average Bonchev–Trinajstić information content (AvgIpc) is 3.01. The third kappa shape index (κ3) is 2.87. The molecule has 0 aliphatic carbocycles. The Hall–Kier alpha value is -3.02. The molecule has 0 saturated heterocycles. The van der Waals surface area contributed by atoms with Gasteiger partial charge in [0.2, 0.25) is 5.91 Å². The van der Waals surface area contributed by atoms with Crippen LogP contribution in [0.4, 0.5) is 16.2 Å². The van der Waals surface area contributed by atoms with Crippen LogP contribution < -0.4 is 15.4 Å². The van der Waals surface area contributed by atoms with Crippen molar-refractivity contribution in [3.05, 3.63) is 53.1 Å². The summed E-state index contributed by atoms with van der Waals surface area (Å²) in [6, 6.07) is 11.4. The lowest BCUT2D eigenvalue weighted by molar-refractivity contribution is -0.115. The van der Waals surface area contributed by atoms with Crippen molar-refractivity contribution in [2.24, 2.45) is 0 Å². The van der Waals surface area contributed by atoms with E-state index >= 15 is 0 Å². The van der Waals surface area contributed by atoms with Crippen LogP contribution in [0.2, 0.25) is 0 Å². The van der Waals surface area contributed by atoms with Gasteiger partial charge in [0.25, 0.3) is 0 Å². The van der Waals surface area contributed by atoms with Crippen molar-refractivity contribution in [2.45, 2.75) is 25.8 Å². The highest BCUT2D eigenvalue weighted by atomic mass is 16.5. The minimum absolute atomic E-state index is 0.0151. The van der Waals surface area contributed by atoms with Crippen LogP contribution in [0.1, 0.15) is 29.7 Å². The Morgan fingerprint density at radius 2 is 2.08 bits per heavy atom. The van der Waals surface area contributed by atoms with Gasteiger partial charge in [-0.1, -0.05) is 6.07 Å². The van der Waals surface area contributed by atoms with Gasteiger partial charge in [-0.15, -0.1) is 0 Å². The smallest absolute Gasteiger partial charge is 0.322 e. The van der Waals surface area contributed by atoms with E-state index in [-0.39, 0.29) is 18.0 Å². The van der Waals surface area contributed by atoms with Gasteiger partial charge in [0.1, 0.15) is 5.75 Å². The van der Waals surface area contributed by atoms with Crippen LogP contribution >= 0.6 is 0 Å². The lowest BCUT2D eigenvalue weighted by Crippen LogP contribution is -2.41. The molecule has 2 aromatic carbocycles. The molecule has 0 aromatic heterocycles. The maximum atomic E-state index is 12.8. The van der Waals surface area contributed by atoms with Crippen LogP contribution in [-0.4, -0.2) is 30.5 Å². The molecule has 4 rings (SSSR count). The molecule has 0 bridgehead atoms. The molecule has 2 heterocycles. The molecule has 6 heteroatoms. The first-order valence-electron chi connectivity index (χ1n) is 8.72. The number of methoxy groups -OCH3 is 1. The van der Waals surface area contributed by atoms with Gasteiger partial charge in [0.05, 0.1) is 19.6 Å². The van der Waals surface area contributed by atoms with E-state index < -0.39 is 0 Å². The molecule has 2 aromatic rings. The lowest BCUT2D eigenvalue weighted by Gasteiger charge is -2.35. The number of carbonyl (C=O) groups excluding carboxylic acids is 2. The third-order valence-corrected chi connectivity index (χ3v) is 5.14. The highest BCUT2D eigenvalue weighted by Crippen LogP contribution is 2.33. The van der Waals surface area contributed by atoms with Gasteiger partial charge < -0.3 is 20.3 Å². The summed E-state index contributed by atoms with van der Waals surface area (Å²) < 4.78 is 5.32.